The summed E-state index contributed by atoms with van der Waals surface area (Å²) >= 11 is 3.44. The Morgan fingerprint density at radius 3 is 2.81 bits per heavy atom. The first-order valence-electron chi connectivity index (χ1n) is 8.86. The molecule has 0 aliphatic carbocycles. The van der Waals surface area contributed by atoms with Crippen LogP contribution in [0, 0.1) is 0 Å². The SMILES string of the molecule is O=C(NCc1ccc(SC2CCNCC2)cc1)c1cc2ccncc2s1. The summed E-state index contributed by atoms with van der Waals surface area (Å²) in [5.74, 6) is -0.0284. The molecule has 0 atom stereocenters. The number of thiophene rings is 1. The Balaban J connectivity index is 1.33. The first-order chi connectivity index (χ1) is 12.8. The highest BCUT2D eigenvalue weighted by molar-refractivity contribution is 8.00. The summed E-state index contributed by atoms with van der Waals surface area (Å²) in [6, 6.07) is 12.4. The summed E-state index contributed by atoms with van der Waals surface area (Å²) < 4.78 is 1.04. The molecule has 1 saturated heterocycles. The summed E-state index contributed by atoms with van der Waals surface area (Å²) in [7, 11) is 0. The van der Waals surface area contributed by atoms with Crippen molar-refractivity contribution in [1.82, 2.24) is 15.6 Å². The van der Waals surface area contributed by atoms with Crippen LogP contribution in [0.2, 0.25) is 0 Å². The van der Waals surface area contributed by atoms with Crippen molar-refractivity contribution in [3.8, 4) is 0 Å². The number of carbonyl (C=O) groups is 1. The molecule has 6 heteroatoms. The number of piperidine rings is 1. The number of nitrogens with zero attached hydrogens (tertiary/aromatic N) is 1. The topological polar surface area (TPSA) is 54.0 Å². The largest absolute Gasteiger partial charge is 0.347 e. The van der Waals surface area contributed by atoms with Gasteiger partial charge in [-0.1, -0.05) is 12.1 Å². The van der Waals surface area contributed by atoms with Crippen LogP contribution >= 0.6 is 23.1 Å². The number of carbonyl (C=O) groups excluding carboxylic acids is 1. The molecule has 1 aliphatic rings. The van der Waals surface area contributed by atoms with Crippen LogP contribution in [0.3, 0.4) is 0 Å². The van der Waals surface area contributed by atoms with Crippen molar-refractivity contribution < 1.29 is 4.79 Å². The first kappa shape index (κ1) is 17.5. The molecule has 26 heavy (non-hydrogen) atoms. The molecule has 0 bridgehead atoms. The van der Waals surface area contributed by atoms with Crippen molar-refractivity contribution in [1.29, 1.82) is 0 Å². The third kappa shape index (κ3) is 4.26. The highest BCUT2D eigenvalue weighted by Gasteiger charge is 2.14. The molecule has 0 spiro atoms. The molecule has 4 rings (SSSR count). The molecular formula is C20H21N3OS2. The molecule has 1 aromatic carbocycles. The Morgan fingerprint density at radius 1 is 1.23 bits per heavy atom. The lowest BCUT2D eigenvalue weighted by molar-refractivity contribution is 0.0955. The molecule has 3 heterocycles. The van der Waals surface area contributed by atoms with Gasteiger partial charge in [-0.25, -0.2) is 0 Å². The van der Waals surface area contributed by atoms with Crippen LogP contribution in [-0.4, -0.2) is 29.2 Å². The maximum Gasteiger partial charge on any atom is 0.261 e. The second kappa shape index (κ2) is 8.20. The number of thioether (sulfide) groups is 1. The van der Waals surface area contributed by atoms with Crippen LogP contribution < -0.4 is 10.6 Å². The summed E-state index contributed by atoms with van der Waals surface area (Å²) in [5.41, 5.74) is 1.12. The fourth-order valence-corrected chi connectivity index (χ4v) is 5.15. The van der Waals surface area contributed by atoms with Crippen molar-refractivity contribution in [3.63, 3.8) is 0 Å². The second-order valence-corrected chi connectivity index (χ2v) is 8.88. The predicted molar refractivity (Wildman–Crippen MR) is 109 cm³/mol. The molecule has 2 N–H and O–H groups in total. The number of pyridine rings is 1. The zero-order chi connectivity index (χ0) is 17.8. The molecule has 134 valence electrons. The van der Waals surface area contributed by atoms with E-state index < -0.39 is 0 Å². The molecule has 1 aliphatic heterocycles. The molecule has 0 radical (unpaired) electrons. The Bertz CT molecular complexity index is 852. The van der Waals surface area contributed by atoms with E-state index in [9.17, 15) is 4.79 Å². The van der Waals surface area contributed by atoms with E-state index in [1.54, 1.807) is 12.4 Å². The van der Waals surface area contributed by atoms with Crippen LogP contribution in [-0.2, 0) is 6.54 Å². The normalized spacial score (nSPS) is 15.2. The van der Waals surface area contributed by atoms with Crippen LogP contribution in [0.5, 0.6) is 0 Å². The van der Waals surface area contributed by atoms with E-state index in [1.807, 2.05) is 23.9 Å². The number of nitrogens with one attached hydrogen (secondary N) is 2. The monoisotopic (exact) mass is 383 g/mol. The number of rotatable bonds is 5. The van der Waals surface area contributed by atoms with Crippen molar-refractivity contribution in [3.05, 3.63) is 59.2 Å². The van der Waals surface area contributed by atoms with Crippen molar-refractivity contribution in [2.45, 2.75) is 29.5 Å². The van der Waals surface area contributed by atoms with Gasteiger partial charge in [0.25, 0.3) is 5.91 Å². The van der Waals surface area contributed by atoms with E-state index in [-0.39, 0.29) is 5.91 Å². The van der Waals surface area contributed by atoms with E-state index in [4.69, 9.17) is 0 Å². The smallest absolute Gasteiger partial charge is 0.261 e. The Labute approximate surface area is 161 Å². The maximum atomic E-state index is 12.4. The van der Waals surface area contributed by atoms with Crippen molar-refractivity contribution >= 4 is 39.1 Å². The maximum absolute atomic E-state index is 12.4. The lowest BCUT2D eigenvalue weighted by Crippen LogP contribution is -2.29. The standard InChI is InChI=1S/C20H21N3OS2/c24-20(18-11-15-5-8-22-13-19(15)26-18)23-12-14-1-3-16(4-2-14)25-17-6-9-21-10-7-17/h1-5,8,11,13,17,21H,6-7,9-10,12H2,(H,23,24). The van der Waals surface area contributed by atoms with E-state index in [0.717, 1.165) is 33.6 Å². The average Bonchev–Trinajstić information content (AvgIpc) is 3.12. The van der Waals surface area contributed by atoms with Gasteiger partial charge >= 0.3 is 0 Å². The quantitative estimate of drug-likeness (QED) is 0.697. The van der Waals surface area contributed by atoms with Crippen molar-refractivity contribution in [2.24, 2.45) is 0 Å². The molecule has 1 fully saturated rings. The first-order valence-corrected chi connectivity index (χ1v) is 10.6. The van der Waals surface area contributed by atoms with E-state index in [1.165, 1.54) is 29.1 Å². The third-order valence-electron chi connectivity index (χ3n) is 4.51. The van der Waals surface area contributed by atoms with Gasteiger partial charge in [0.2, 0.25) is 0 Å². The number of benzene rings is 1. The average molecular weight is 384 g/mol. The minimum atomic E-state index is -0.0284. The summed E-state index contributed by atoms with van der Waals surface area (Å²) in [4.78, 5) is 18.5. The molecule has 3 aromatic rings. The van der Waals surface area contributed by atoms with Gasteiger partial charge in [-0.3, -0.25) is 9.78 Å². The zero-order valence-corrected chi connectivity index (χ0v) is 16.0. The third-order valence-corrected chi connectivity index (χ3v) is 6.95. The van der Waals surface area contributed by atoms with Crippen molar-refractivity contribution in [2.75, 3.05) is 13.1 Å². The van der Waals surface area contributed by atoms with Crippen LogP contribution in [0.4, 0.5) is 0 Å². The van der Waals surface area contributed by atoms with Gasteiger partial charge in [0.15, 0.2) is 0 Å². The zero-order valence-electron chi connectivity index (χ0n) is 14.4. The Kier molecular flexibility index (Phi) is 5.53. The van der Waals surface area contributed by atoms with Gasteiger partial charge in [0, 0.05) is 29.1 Å². The minimum Gasteiger partial charge on any atom is -0.347 e. The lowest BCUT2D eigenvalue weighted by atomic mass is 10.2. The van der Waals surface area contributed by atoms with Gasteiger partial charge in [-0.05, 0) is 61.1 Å². The summed E-state index contributed by atoms with van der Waals surface area (Å²) in [6.07, 6.45) is 6.01. The van der Waals surface area contributed by atoms with Gasteiger partial charge < -0.3 is 10.6 Å². The highest BCUT2D eigenvalue weighted by Crippen LogP contribution is 2.29. The second-order valence-electron chi connectivity index (χ2n) is 6.42. The van der Waals surface area contributed by atoms with Gasteiger partial charge in [-0.15, -0.1) is 23.1 Å². The fourth-order valence-electron chi connectivity index (χ4n) is 3.06. The fraction of sp³-hybridized carbons (Fsp3) is 0.300. The van der Waals surface area contributed by atoms with E-state index >= 15 is 0 Å². The number of aromatic nitrogens is 1. The number of fused-ring (bicyclic) bond motifs is 1. The Morgan fingerprint density at radius 2 is 2.04 bits per heavy atom. The molecule has 2 aromatic heterocycles. The van der Waals surface area contributed by atoms with Gasteiger partial charge in [-0.2, -0.15) is 0 Å². The highest BCUT2D eigenvalue weighted by atomic mass is 32.2. The molecule has 0 unspecified atom stereocenters. The van der Waals surface area contributed by atoms with Gasteiger partial charge in [0.05, 0.1) is 9.58 Å². The number of hydrogen-bond acceptors (Lipinski definition) is 5. The van der Waals surface area contributed by atoms with Gasteiger partial charge in [0.1, 0.15) is 0 Å². The molecular weight excluding hydrogens is 362 g/mol. The molecule has 0 saturated carbocycles. The van der Waals surface area contributed by atoms with Crippen LogP contribution in [0.1, 0.15) is 28.1 Å². The summed E-state index contributed by atoms with van der Waals surface area (Å²) in [5, 5.41) is 8.19. The predicted octanol–water partition coefficient (Wildman–Crippen LogP) is 4.07. The lowest BCUT2D eigenvalue weighted by Gasteiger charge is -2.22. The number of amides is 1. The summed E-state index contributed by atoms with van der Waals surface area (Å²) in [6.45, 7) is 2.79. The number of hydrogen-bond donors (Lipinski definition) is 2. The van der Waals surface area contributed by atoms with Crippen LogP contribution in [0.15, 0.2) is 53.7 Å². The molecule has 4 nitrogen and oxygen atoms in total. The minimum absolute atomic E-state index is 0.0284. The van der Waals surface area contributed by atoms with E-state index in [2.05, 4.69) is 39.9 Å². The van der Waals surface area contributed by atoms with Crippen LogP contribution in [0.25, 0.3) is 10.1 Å². The van der Waals surface area contributed by atoms with E-state index in [0.29, 0.717) is 11.8 Å². The Hall–Kier alpha value is -1.89. The molecule has 1 amide bonds.